The average Bonchev–Trinajstić information content (AvgIpc) is 2.53. The maximum absolute atomic E-state index is 12.4. The summed E-state index contributed by atoms with van der Waals surface area (Å²) in [4.78, 5) is 25.9. The minimum Gasteiger partial charge on any atom is -0.493 e. The molecule has 1 unspecified atom stereocenters. The zero-order valence-corrected chi connectivity index (χ0v) is 14.3. The molecule has 0 fully saturated rings. The van der Waals surface area contributed by atoms with Gasteiger partial charge in [0.2, 0.25) is 5.91 Å². The van der Waals surface area contributed by atoms with E-state index in [0.29, 0.717) is 29.2 Å². The Morgan fingerprint density at radius 3 is 2.26 bits per heavy atom. The van der Waals surface area contributed by atoms with Crippen molar-refractivity contribution in [2.75, 3.05) is 33.6 Å². The lowest BCUT2D eigenvalue weighted by atomic mass is 10.1. The summed E-state index contributed by atoms with van der Waals surface area (Å²) in [5.41, 5.74) is 6.48. The van der Waals surface area contributed by atoms with Gasteiger partial charge in [0.05, 0.1) is 31.5 Å². The van der Waals surface area contributed by atoms with Gasteiger partial charge in [-0.25, -0.2) is 0 Å². The number of ether oxygens (including phenoxy) is 2. The van der Waals surface area contributed by atoms with Gasteiger partial charge < -0.3 is 25.4 Å². The predicted octanol–water partition coefficient (Wildman–Crippen LogP) is 1.47. The Kier molecular flexibility index (Phi) is 6.84. The van der Waals surface area contributed by atoms with Crippen molar-refractivity contribution in [3.8, 4) is 11.5 Å². The molecular formula is C16H25N3O4. The molecule has 0 aliphatic carbocycles. The molecular weight excluding hydrogens is 298 g/mol. The minimum absolute atomic E-state index is 0.259. The second-order valence-corrected chi connectivity index (χ2v) is 5.34. The second-order valence-electron chi connectivity index (χ2n) is 5.34. The topological polar surface area (TPSA) is 93.9 Å². The third-order valence-electron chi connectivity index (χ3n) is 3.35. The van der Waals surface area contributed by atoms with Gasteiger partial charge in [-0.05, 0) is 12.5 Å². The zero-order valence-electron chi connectivity index (χ0n) is 14.3. The number of nitrogens with one attached hydrogen (secondary N) is 1. The Morgan fingerprint density at radius 1 is 1.22 bits per heavy atom. The molecule has 1 rings (SSSR count). The number of nitrogens with two attached hydrogens (primary N) is 1. The summed E-state index contributed by atoms with van der Waals surface area (Å²) in [5.74, 6) is 0.230. The van der Waals surface area contributed by atoms with E-state index < -0.39 is 6.04 Å². The van der Waals surface area contributed by atoms with Crippen molar-refractivity contribution in [2.45, 2.75) is 25.8 Å². The molecule has 0 aliphatic heterocycles. The normalized spacial score (nSPS) is 11.6. The number of carbonyl (C=O) groups is 2. The molecule has 1 atom stereocenters. The van der Waals surface area contributed by atoms with Gasteiger partial charge in [-0.1, -0.05) is 13.3 Å². The predicted molar refractivity (Wildman–Crippen MR) is 89.1 cm³/mol. The highest BCUT2D eigenvalue weighted by molar-refractivity contribution is 6.05. The van der Waals surface area contributed by atoms with Crippen molar-refractivity contribution in [3.05, 3.63) is 17.7 Å². The standard InChI is InChI=1S/C16H25N3O4/c1-6-7-11(17)15(20)18-12-9-14(23-5)13(22-4)8-10(12)16(21)19(2)3/h8-9,11H,6-7,17H2,1-5H3,(H,18,20). The Morgan fingerprint density at radius 2 is 1.78 bits per heavy atom. The van der Waals surface area contributed by atoms with Crippen LogP contribution >= 0.6 is 0 Å². The molecule has 1 aromatic carbocycles. The van der Waals surface area contributed by atoms with Crippen LogP contribution < -0.4 is 20.5 Å². The number of carbonyl (C=O) groups excluding carboxylic acids is 2. The summed E-state index contributed by atoms with van der Waals surface area (Å²) in [6, 6.07) is 2.48. The van der Waals surface area contributed by atoms with Crippen LogP contribution in [-0.4, -0.2) is 51.1 Å². The summed E-state index contributed by atoms with van der Waals surface area (Å²) < 4.78 is 10.4. The van der Waals surface area contributed by atoms with Crippen LogP contribution in [0, 0.1) is 0 Å². The lowest BCUT2D eigenvalue weighted by molar-refractivity contribution is -0.117. The molecule has 128 valence electrons. The fourth-order valence-corrected chi connectivity index (χ4v) is 2.07. The van der Waals surface area contributed by atoms with Gasteiger partial charge in [-0.15, -0.1) is 0 Å². The fourth-order valence-electron chi connectivity index (χ4n) is 2.07. The van der Waals surface area contributed by atoms with E-state index in [-0.39, 0.29) is 11.8 Å². The van der Waals surface area contributed by atoms with Gasteiger partial charge in [0.25, 0.3) is 5.91 Å². The van der Waals surface area contributed by atoms with Crippen LogP contribution in [0.25, 0.3) is 0 Å². The fraction of sp³-hybridized carbons (Fsp3) is 0.500. The van der Waals surface area contributed by atoms with Crippen molar-refractivity contribution < 1.29 is 19.1 Å². The summed E-state index contributed by atoms with van der Waals surface area (Å²) in [6.45, 7) is 1.95. The largest absolute Gasteiger partial charge is 0.493 e. The number of methoxy groups -OCH3 is 2. The molecule has 0 radical (unpaired) electrons. The lowest BCUT2D eigenvalue weighted by Crippen LogP contribution is -2.36. The summed E-state index contributed by atoms with van der Waals surface area (Å²) >= 11 is 0. The monoisotopic (exact) mass is 323 g/mol. The highest BCUT2D eigenvalue weighted by atomic mass is 16.5. The number of rotatable bonds is 7. The number of benzene rings is 1. The molecule has 7 heteroatoms. The highest BCUT2D eigenvalue weighted by Gasteiger charge is 2.21. The Balaban J connectivity index is 3.26. The van der Waals surface area contributed by atoms with E-state index in [2.05, 4.69) is 5.32 Å². The number of nitrogens with zero attached hydrogens (tertiary/aromatic N) is 1. The third-order valence-corrected chi connectivity index (χ3v) is 3.35. The SMILES string of the molecule is CCCC(N)C(=O)Nc1cc(OC)c(OC)cc1C(=O)N(C)C. The highest BCUT2D eigenvalue weighted by Crippen LogP contribution is 2.34. The van der Waals surface area contributed by atoms with Gasteiger partial charge in [0.1, 0.15) is 0 Å². The average molecular weight is 323 g/mol. The molecule has 0 aromatic heterocycles. The van der Waals surface area contributed by atoms with Crippen LogP contribution in [0.3, 0.4) is 0 Å². The van der Waals surface area contributed by atoms with Gasteiger partial charge in [0, 0.05) is 20.2 Å². The number of hydrogen-bond donors (Lipinski definition) is 2. The molecule has 1 aromatic rings. The summed E-state index contributed by atoms with van der Waals surface area (Å²) in [5, 5.41) is 2.71. The van der Waals surface area contributed by atoms with Crippen LogP contribution in [0.1, 0.15) is 30.1 Å². The maximum atomic E-state index is 12.4. The van der Waals surface area contributed by atoms with Crippen LogP contribution in [0.15, 0.2) is 12.1 Å². The van der Waals surface area contributed by atoms with Gasteiger partial charge in [-0.2, -0.15) is 0 Å². The van der Waals surface area contributed by atoms with E-state index in [4.69, 9.17) is 15.2 Å². The Bertz CT molecular complexity index is 573. The molecule has 0 saturated heterocycles. The van der Waals surface area contributed by atoms with Crippen LogP contribution in [-0.2, 0) is 4.79 Å². The number of hydrogen-bond acceptors (Lipinski definition) is 5. The molecule has 0 saturated carbocycles. The molecule has 0 spiro atoms. The van der Waals surface area contributed by atoms with Crippen molar-refractivity contribution in [1.82, 2.24) is 4.90 Å². The minimum atomic E-state index is -0.629. The first kappa shape index (κ1) is 18.8. The molecule has 0 heterocycles. The maximum Gasteiger partial charge on any atom is 0.255 e. The molecule has 7 nitrogen and oxygen atoms in total. The van der Waals surface area contributed by atoms with Gasteiger partial charge >= 0.3 is 0 Å². The van der Waals surface area contributed by atoms with Gasteiger partial charge in [-0.3, -0.25) is 9.59 Å². The smallest absolute Gasteiger partial charge is 0.255 e. The van der Waals surface area contributed by atoms with E-state index in [1.807, 2.05) is 6.92 Å². The summed E-state index contributed by atoms with van der Waals surface area (Å²) in [6.07, 6.45) is 1.36. The molecule has 0 aliphatic rings. The van der Waals surface area contributed by atoms with Crippen LogP contribution in [0.4, 0.5) is 5.69 Å². The Labute approximate surface area is 136 Å². The van der Waals surface area contributed by atoms with E-state index in [1.54, 1.807) is 26.2 Å². The van der Waals surface area contributed by atoms with Crippen LogP contribution in [0.2, 0.25) is 0 Å². The number of amides is 2. The molecule has 0 bridgehead atoms. The first-order chi connectivity index (χ1) is 10.8. The third kappa shape index (κ3) is 4.59. The first-order valence-corrected chi connectivity index (χ1v) is 7.39. The quantitative estimate of drug-likeness (QED) is 0.792. The Hall–Kier alpha value is -2.28. The van der Waals surface area contributed by atoms with Gasteiger partial charge in [0.15, 0.2) is 11.5 Å². The van der Waals surface area contributed by atoms with E-state index in [1.165, 1.54) is 19.1 Å². The van der Waals surface area contributed by atoms with Crippen molar-refractivity contribution in [2.24, 2.45) is 5.73 Å². The van der Waals surface area contributed by atoms with E-state index in [9.17, 15) is 9.59 Å². The molecule has 23 heavy (non-hydrogen) atoms. The molecule has 3 N–H and O–H groups in total. The van der Waals surface area contributed by atoms with Crippen molar-refractivity contribution >= 4 is 17.5 Å². The number of anilines is 1. The van der Waals surface area contributed by atoms with Crippen LogP contribution in [0.5, 0.6) is 11.5 Å². The van der Waals surface area contributed by atoms with Crippen molar-refractivity contribution in [1.29, 1.82) is 0 Å². The van der Waals surface area contributed by atoms with E-state index in [0.717, 1.165) is 6.42 Å². The lowest BCUT2D eigenvalue weighted by Gasteiger charge is -2.19. The zero-order chi connectivity index (χ0) is 17.6. The molecule has 2 amide bonds. The van der Waals surface area contributed by atoms with Crippen molar-refractivity contribution in [3.63, 3.8) is 0 Å². The second kappa shape index (κ2) is 8.38. The first-order valence-electron chi connectivity index (χ1n) is 7.39. The van der Waals surface area contributed by atoms with E-state index >= 15 is 0 Å². The summed E-state index contributed by atoms with van der Waals surface area (Å²) in [7, 11) is 6.23.